The minimum Gasteiger partial charge on any atom is -0.288 e. The number of hydrogen-bond donors (Lipinski definition) is 0. The van der Waals surface area contributed by atoms with Crippen molar-refractivity contribution < 1.29 is 9.59 Å². The number of aryl methyl sites for hydroxylation is 1. The first-order chi connectivity index (χ1) is 11.7. The number of ketones is 2. The highest BCUT2D eigenvalue weighted by atomic mass is 16.2. The second-order valence-electron chi connectivity index (χ2n) is 5.97. The van der Waals surface area contributed by atoms with E-state index < -0.39 is 0 Å². The molecular weight excluding hydrogens is 296 g/mol. The van der Waals surface area contributed by atoms with E-state index in [4.69, 9.17) is 0 Å². The molecule has 0 unspecified atom stereocenters. The summed E-state index contributed by atoms with van der Waals surface area (Å²) in [5.41, 5.74) is 3.43. The first-order valence-corrected chi connectivity index (χ1v) is 8.11. The van der Waals surface area contributed by atoms with Gasteiger partial charge in [-0.1, -0.05) is 67.6 Å². The van der Waals surface area contributed by atoms with Crippen LogP contribution in [0.1, 0.15) is 38.8 Å². The fraction of sp³-hybridized carbons (Fsp3) is 0.0909. The fourth-order valence-corrected chi connectivity index (χ4v) is 3.38. The maximum absolute atomic E-state index is 12.6. The van der Waals surface area contributed by atoms with Gasteiger partial charge in [0.25, 0.3) is 0 Å². The summed E-state index contributed by atoms with van der Waals surface area (Å²) in [6.07, 6.45) is 2.69. The smallest absolute Gasteiger partial charge is 0.197 e. The van der Waals surface area contributed by atoms with Gasteiger partial charge in [-0.25, -0.2) is 0 Å². The van der Waals surface area contributed by atoms with Crippen molar-refractivity contribution in [1.29, 1.82) is 0 Å². The van der Waals surface area contributed by atoms with Crippen molar-refractivity contribution in [2.45, 2.75) is 13.3 Å². The topological polar surface area (TPSA) is 34.1 Å². The van der Waals surface area contributed by atoms with E-state index in [0.717, 1.165) is 17.4 Å². The SMILES string of the molecule is CCc1ccc(C=C2C(=O)c3ccccc3C2=O)c2ccccc12. The Morgan fingerprint density at radius 3 is 1.96 bits per heavy atom. The molecule has 0 bridgehead atoms. The van der Waals surface area contributed by atoms with E-state index >= 15 is 0 Å². The second kappa shape index (κ2) is 5.57. The quantitative estimate of drug-likeness (QED) is 0.500. The van der Waals surface area contributed by atoms with Gasteiger partial charge in [-0.3, -0.25) is 9.59 Å². The molecule has 0 atom stereocenters. The van der Waals surface area contributed by atoms with Crippen LogP contribution in [0.3, 0.4) is 0 Å². The predicted molar refractivity (Wildman–Crippen MR) is 96.4 cm³/mol. The van der Waals surface area contributed by atoms with Gasteiger partial charge in [0.2, 0.25) is 0 Å². The minimum atomic E-state index is -0.181. The number of hydrogen-bond acceptors (Lipinski definition) is 2. The highest BCUT2D eigenvalue weighted by Crippen LogP contribution is 2.30. The minimum absolute atomic E-state index is 0.181. The molecule has 2 heteroatoms. The number of allylic oxidation sites excluding steroid dienone is 1. The van der Waals surface area contributed by atoms with Gasteiger partial charge in [0, 0.05) is 11.1 Å². The van der Waals surface area contributed by atoms with Crippen molar-refractivity contribution in [3.63, 3.8) is 0 Å². The lowest BCUT2D eigenvalue weighted by Crippen LogP contribution is -2.00. The molecule has 4 rings (SSSR count). The van der Waals surface area contributed by atoms with Crippen LogP contribution in [-0.2, 0) is 6.42 Å². The molecule has 0 N–H and O–H groups in total. The van der Waals surface area contributed by atoms with E-state index in [0.29, 0.717) is 11.1 Å². The summed E-state index contributed by atoms with van der Waals surface area (Å²) in [6.45, 7) is 2.13. The summed E-state index contributed by atoms with van der Waals surface area (Å²) in [5, 5.41) is 2.24. The third-order valence-corrected chi connectivity index (χ3v) is 4.63. The van der Waals surface area contributed by atoms with Crippen LogP contribution in [0, 0.1) is 0 Å². The number of Topliss-reactive ketones (excluding diaryl/α,β-unsaturated/α-hetero) is 2. The van der Waals surface area contributed by atoms with Crippen molar-refractivity contribution in [2.75, 3.05) is 0 Å². The number of rotatable bonds is 2. The van der Waals surface area contributed by atoms with Crippen LogP contribution in [0.5, 0.6) is 0 Å². The summed E-state index contributed by atoms with van der Waals surface area (Å²) in [5.74, 6) is -0.363. The van der Waals surface area contributed by atoms with Crippen molar-refractivity contribution >= 4 is 28.4 Å². The molecule has 0 fully saturated rings. The first kappa shape index (κ1) is 14.6. The van der Waals surface area contributed by atoms with Gasteiger partial charge in [-0.05, 0) is 34.4 Å². The number of benzene rings is 3. The fourth-order valence-electron chi connectivity index (χ4n) is 3.38. The Morgan fingerprint density at radius 2 is 1.33 bits per heavy atom. The second-order valence-corrected chi connectivity index (χ2v) is 5.97. The number of fused-ring (bicyclic) bond motifs is 2. The molecule has 24 heavy (non-hydrogen) atoms. The van der Waals surface area contributed by atoms with Crippen LogP contribution >= 0.6 is 0 Å². The molecular formula is C22H16O2. The molecule has 1 aliphatic rings. The molecule has 3 aromatic rings. The lowest BCUT2D eigenvalue weighted by atomic mass is 9.96. The largest absolute Gasteiger partial charge is 0.288 e. The van der Waals surface area contributed by atoms with E-state index in [9.17, 15) is 9.59 Å². The summed E-state index contributed by atoms with van der Waals surface area (Å²) < 4.78 is 0. The number of carbonyl (C=O) groups excluding carboxylic acids is 2. The van der Waals surface area contributed by atoms with Gasteiger partial charge < -0.3 is 0 Å². The maximum Gasteiger partial charge on any atom is 0.197 e. The first-order valence-electron chi connectivity index (χ1n) is 8.11. The molecule has 116 valence electrons. The summed E-state index contributed by atoms with van der Waals surface area (Å²) in [6, 6.07) is 19.2. The van der Waals surface area contributed by atoms with E-state index in [-0.39, 0.29) is 17.1 Å². The molecule has 0 amide bonds. The summed E-state index contributed by atoms with van der Waals surface area (Å²) in [4.78, 5) is 25.2. The van der Waals surface area contributed by atoms with Gasteiger partial charge in [0.15, 0.2) is 11.6 Å². The molecule has 1 aliphatic carbocycles. The Bertz CT molecular complexity index is 988. The monoisotopic (exact) mass is 312 g/mol. The van der Waals surface area contributed by atoms with E-state index in [1.807, 2.05) is 24.3 Å². The van der Waals surface area contributed by atoms with Crippen LogP contribution < -0.4 is 0 Å². The molecule has 0 saturated carbocycles. The zero-order valence-corrected chi connectivity index (χ0v) is 13.4. The van der Waals surface area contributed by atoms with Gasteiger partial charge in [-0.2, -0.15) is 0 Å². The maximum atomic E-state index is 12.6. The van der Waals surface area contributed by atoms with Gasteiger partial charge in [0.1, 0.15) is 0 Å². The van der Waals surface area contributed by atoms with Crippen LogP contribution in [0.4, 0.5) is 0 Å². The van der Waals surface area contributed by atoms with Crippen molar-refractivity contribution in [2.24, 2.45) is 0 Å². The van der Waals surface area contributed by atoms with Crippen LogP contribution in [0.15, 0.2) is 66.2 Å². The standard InChI is InChI=1S/C22H16O2/c1-2-14-11-12-15(17-8-4-3-7-16(14)17)13-20-21(23)18-9-5-6-10-19(18)22(20)24/h3-13H,2H2,1H3. The normalized spacial score (nSPS) is 13.5. The number of carbonyl (C=O) groups is 2. The highest BCUT2D eigenvalue weighted by Gasteiger charge is 2.32. The Balaban J connectivity index is 1.91. The summed E-state index contributed by atoms with van der Waals surface area (Å²) >= 11 is 0. The molecule has 0 aromatic heterocycles. The Kier molecular flexibility index (Phi) is 3.39. The Morgan fingerprint density at radius 1 is 0.750 bits per heavy atom. The molecule has 0 saturated heterocycles. The van der Waals surface area contributed by atoms with E-state index in [1.165, 1.54) is 10.9 Å². The lowest BCUT2D eigenvalue weighted by molar-refractivity contribution is 0.0990. The lowest BCUT2D eigenvalue weighted by Gasteiger charge is -2.08. The summed E-state index contributed by atoms with van der Waals surface area (Å²) in [7, 11) is 0. The molecule has 0 radical (unpaired) electrons. The van der Waals surface area contributed by atoms with Crippen LogP contribution in [-0.4, -0.2) is 11.6 Å². The third-order valence-electron chi connectivity index (χ3n) is 4.63. The Labute approximate surface area is 140 Å². The molecule has 0 aliphatic heterocycles. The molecule has 0 spiro atoms. The average Bonchev–Trinajstić information content (AvgIpc) is 2.87. The van der Waals surface area contributed by atoms with Gasteiger partial charge in [0.05, 0.1) is 5.57 Å². The van der Waals surface area contributed by atoms with Crippen molar-refractivity contribution in [3.05, 3.63) is 88.5 Å². The van der Waals surface area contributed by atoms with Gasteiger partial charge in [-0.15, -0.1) is 0 Å². The zero-order chi connectivity index (χ0) is 16.7. The molecule has 2 nitrogen and oxygen atoms in total. The van der Waals surface area contributed by atoms with E-state index in [2.05, 4.69) is 19.1 Å². The van der Waals surface area contributed by atoms with Crippen LogP contribution in [0.2, 0.25) is 0 Å². The molecule has 0 heterocycles. The Hall–Kier alpha value is -3.00. The zero-order valence-electron chi connectivity index (χ0n) is 13.4. The van der Waals surface area contributed by atoms with Crippen LogP contribution in [0.25, 0.3) is 16.8 Å². The average molecular weight is 312 g/mol. The third kappa shape index (κ3) is 2.11. The van der Waals surface area contributed by atoms with Crippen molar-refractivity contribution in [3.8, 4) is 0 Å². The van der Waals surface area contributed by atoms with Gasteiger partial charge >= 0.3 is 0 Å². The predicted octanol–water partition coefficient (Wildman–Crippen LogP) is 4.86. The van der Waals surface area contributed by atoms with Crippen molar-refractivity contribution in [1.82, 2.24) is 0 Å². The highest BCUT2D eigenvalue weighted by molar-refractivity contribution is 6.41. The molecule has 3 aromatic carbocycles. The van der Waals surface area contributed by atoms with E-state index in [1.54, 1.807) is 30.3 Å².